The van der Waals surface area contributed by atoms with E-state index in [4.69, 9.17) is 11.6 Å². The summed E-state index contributed by atoms with van der Waals surface area (Å²) in [4.78, 5) is 4.43. The minimum Gasteiger partial charge on any atom is -0.324 e. The van der Waals surface area contributed by atoms with Gasteiger partial charge in [0.05, 0.1) is 5.70 Å². The molecule has 0 fully saturated rings. The zero-order valence-electron chi connectivity index (χ0n) is 13.6. The highest BCUT2D eigenvalue weighted by molar-refractivity contribution is 6.30. The van der Waals surface area contributed by atoms with E-state index in [2.05, 4.69) is 51.8 Å². The molecular weight excluding hydrogens is 332 g/mol. The second-order valence-corrected chi connectivity index (χ2v) is 6.95. The molecule has 1 aliphatic carbocycles. The molecule has 0 amide bonds. The summed E-state index contributed by atoms with van der Waals surface area (Å²) in [6, 6.07) is 16.8. The lowest BCUT2D eigenvalue weighted by molar-refractivity contribution is 0.562. The summed E-state index contributed by atoms with van der Waals surface area (Å²) in [7, 11) is 0. The standard InChI is InChI=1S/C20H17ClN4/c21-15-10-8-14(9-11-15)19-17-7-3-5-13-4-1-2-6-16(13)18(17)24-20-22-12-23-25(19)20/h1-2,4,6,8-12,19H,3,5,7H2,(H,22,23,24)/t19-/m0/s1. The molecule has 25 heavy (non-hydrogen) atoms. The van der Waals surface area contributed by atoms with Crippen LogP contribution in [-0.4, -0.2) is 14.8 Å². The van der Waals surface area contributed by atoms with Crippen LogP contribution < -0.4 is 5.32 Å². The fourth-order valence-corrected chi connectivity index (χ4v) is 4.07. The van der Waals surface area contributed by atoms with E-state index in [1.165, 1.54) is 28.0 Å². The van der Waals surface area contributed by atoms with Crippen molar-refractivity contribution in [3.8, 4) is 0 Å². The van der Waals surface area contributed by atoms with Gasteiger partial charge in [0.25, 0.3) is 0 Å². The average Bonchev–Trinajstić information content (AvgIpc) is 3.02. The molecule has 0 spiro atoms. The number of aryl methyl sites for hydroxylation is 1. The molecule has 2 aromatic carbocycles. The summed E-state index contributed by atoms with van der Waals surface area (Å²) in [5.41, 5.74) is 6.41. The van der Waals surface area contributed by atoms with Crippen LogP contribution in [0.15, 0.2) is 60.4 Å². The third kappa shape index (κ3) is 2.36. The highest BCUT2D eigenvalue weighted by Gasteiger charge is 2.32. The summed E-state index contributed by atoms with van der Waals surface area (Å²) >= 11 is 6.10. The van der Waals surface area contributed by atoms with Crippen molar-refractivity contribution in [3.63, 3.8) is 0 Å². The van der Waals surface area contributed by atoms with E-state index in [-0.39, 0.29) is 6.04 Å². The predicted molar refractivity (Wildman–Crippen MR) is 99.5 cm³/mol. The molecule has 3 aromatic rings. The van der Waals surface area contributed by atoms with Gasteiger partial charge in [-0.2, -0.15) is 10.1 Å². The molecule has 1 aromatic heterocycles. The SMILES string of the molecule is Clc1ccc([C@H]2C3=C(Nc4ncnn42)c2ccccc2CCC3)cc1. The number of anilines is 1. The molecule has 0 radical (unpaired) electrons. The minimum absolute atomic E-state index is 0.0529. The summed E-state index contributed by atoms with van der Waals surface area (Å²) in [6.07, 6.45) is 4.87. The number of hydrogen-bond donors (Lipinski definition) is 1. The van der Waals surface area contributed by atoms with E-state index in [1.807, 2.05) is 16.8 Å². The van der Waals surface area contributed by atoms with Gasteiger partial charge in [-0.3, -0.25) is 0 Å². The first kappa shape index (κ1) is 14.7. The van der Waals surface area contributed by atoms with Gasteiger partial charge in [0.15, 0.2) is 0 Å². The number of allylic oxidation sites excluding steroid dienone is 1. The monoisotopic (exact) mass is 348 g/mol. The van der Waals surface area contributed by atoms with Crippen LogP contribution >= 0.6 is 11.6 Å². The molecule has 0 saturated carbocycles. The van der Waals surface area contributed by atoms with Gasteiger partial charge in [0, 0.05) is 10.6 Å². The molecule has 2 aliphatic rings. The molecule has 1 N–H and O–H groups in total. The Morgan fingerprint density at radius 3 is 2.76 bits per heavy atom. The summed E-state index contributed by atoms with van der Waals surface area (Å²) in [6.45, 7) is 0. The van der Waals surface area contributed by atoms with Crippen molar-refractivity contribution in [2.45, 2.75) is 25.3 Å². The van der Waals surface area contributed by atoms with Crippen LogP contribution in [-0.2, 0) is 6.42 Å². The van der Waals surface area contributed by atoms with Crippen LogP contribution in [0.1, 0.15) is 35.6 Å². The first-order valence-corrected chi connectivity index (χ1v) is 8.92. The smallest absolute Gasteiger partial charge is 0.226 e. The predicted octanol–water partition coefficient (Wildman–Crippen LogP) is 4.69. The van der Waals surface area contributed by atoms with Gasteiger partial charge < -0.3 is 5.32 Å². The van der Waals surface area contributed by atoms with E-state index in [9.17, 15) is 0 Å². The summed E-state index contributed by atoms with van der Waals surface area (Å²) in [5.74, 6) is 0.787. The Labute approximate surface area is 151 Å². The Kier molecular flexibility index (Phi) is 3.38. The lowest BCUT2D eigenvalue weighted by atomic mass is 9.91. The number of nitrogens with one attached hydrogen (secondary N) is 1. The summed E-state index contributed by atoms with van der Waals surface area (Å²) in [5, 5.41) is 8.77. The van der Waals surface area contributed by atoms with Gasteiger partial charge in [-0.05, 0) is 48.1 Å². The van der Waals surface area contributed by atoms with Crippen molar-refractivity contribution in [2.75, 3.05) is 5.32 Å². The van der Waals surface area contributed by atoms with E-state index < -0.39 is 0 Å². The molecule has 5 rings (SSSR count). The number of nitrogens with zero attached hydrogens (tertiary/aromatic N) is 3. The van der Waals surface area contributed by atoms with Crippen molar-refractivity contribution < 1.29 is 0 Å². The third-order valence-electron chi connectivity index (χ3n) is 5.07. The molecule has 5 heteroatoms. The molecule has 0 saturated heterocycles. The lowest BCUT2D eigenvalue weighted by Crippen LogP contribution is -2.24. The Morgan fingerprint density at radius 2 is 1.88 bits per heavy atom. The number of halogens is 1. The van der Waals surface area contributed by atoms with E-state index in [0.717, 1.165) is 30.2 Å². The van der Waals surface area contributed by atoms with Crippen LogP contribution in [0.25, 0.3) is 5.70 Å². The topological polar surface area (TPSA) is 42.7 Å². The van der Waals surface area contributed by atoms with Gasteiger partial charge in [-0.25, -0.2) is 4.68 Å². The number of aromatic nitrogens is 3. The molecule has 2 heterocycles. The van der Waals surface area contributed by atoms with Crippen LogP contribution in [0.4, 0.5) is 5.95 Å². The van der Waals surface area contributed by atoms with Crippen molar-refractivity contribution in [2.24, 2.45) is 0 Å². The van der Waals surface area contributed by atoms with Crippen LogP contribution in [0.2, 0.25) is 5.02 Å². The molecule has 124 valence electrons. The molecular formula is C20H17ClN4. The first-order valence-electron chi connectivity index (χ1n) is 8.54. The lowest BCUT2D eigenvalue weighted by Gasteiger charge is -2.30. The number of benzene rings is 2. The zero-order chi connectivity index (χ0) is 16.8. The maximum atomic E-state index is 6.10. The minimum atomic E-state index is 0.0529. The van der Waals surface area contributed by atoms with Crippen LogP contribution in [0.5, 0.6) is 0 Å². The highest BCUT2D eigenvalue weighted by atomic mass is 35.5. The second-order valence-electron chi connectivity index (χ2n) is 6.52. The summed E-state index contributed by atoms with van der Waals surface area (Å²) < 4.78 is 1.98. The maximum absolute atomic E-state index is 6.10. The Bertz CT molecular complexity index is 971. The van der Waals surface area contributed by atoms with E-state index >= 15 is 0 Å². The Hall–Kier alpha value is -2.59. The van der Waals surface area contributed by atoms with Crippen LogP contribution in [0.3, 0.4) is 0 Å². The van der Waals surface area contributed by atoms with E-state index in [1.54, 1.807) is 6.33 Å². The number of rotatable bonds is 1. The van der Waals surface area contributed by atoms with Gasteiger partial charge in [-0.1, -0.05) is 48.0 Å². The molecule has 1 aliphatic heterocycles. The van der Waals surface area contributed by atoms with Crippen LogP contribution in [0, 0.1) is 0 Å². The normalized spacial score (nSPS) is 18.7. The van der Waals surface area contributed by atoms with Gasteiger partial charge in [0.2, 0.25) is 5.95 Å². The second kappa shape index (κ2) is 5.74. The highest BCUT2D eigenvalue weighted by Crippen LogP contribution is 2.42. The Morgan fingerprint density at radius 1 is 1.04 bits per heavy atom. The van der Waals surface area contributed by atoms with Crippen molar-refractivity contribution >= 4 is 23.2 Å². The number of fused-ring (bicyclic) bond motifs is 3. The molecule has 1 atom stereocenters. The molecule has 0 unspecified atom stereocenters. The largest absolute Gasteiger partial charge is 0.324 e. The fourth-order valence-electron chi connectivity index (χ4n) is 3.95. The van der Waals surface area contributed by atoms with Crippen molar-refractivity contribution in [1.82, 2.24) is 14.8 Å². The van der Waals surface area contributed by atoms with Crippen molar-refractivity contribution in [3.05, 3.63) is 82.1 Å². The van der Waals surface area contributed by atoms with Gasteiger partial charge >= 0.3 is 0 Å². The molecule has 0 bridgehead atoms. The van der Waals surface area contributed by atoms with Crippen molar-refractivity contribution in [1.29, 1.82) is 0 Å². The average molecular weight is 349 g/mol. The number of hydrogen-bond acceptors (Lipinski definition) is 3. The quantitative estimate of drug-likeness (QED) is 0.693. The Balaban J connectivity index is 1.74. The fraction of sp³-hybridized carbons (Fsp3) is 0.200. The van der Waals surface area contributed by atoms with E-state index in [0.29, 0.717) is 0 Å². The third-order valence-corrected chi connectivity index (χ3v) is 5.32. The zero-order valence-corrected chi connectivity index (χ0v) is 14.4. The molecule has 4 nitrogen and oxygen atoms in total. The van der Waals surface area contributed by atoms with Gasteiger partial charge in [-0.15, -0.1) is 0 Å². The maximum Gasteiger partial charge on any atom is 0.226 e. The first-order chi connectivity index (χ1) is 12.3. The van der Waals surface area contributed by atoms with Gasteiger partial charge in [0.1, 0.15) is 12.4 Å².